The zero-order chi connectivity index (χ0) is 11.9. The molecule has 0 spiro atoms. The highest BCUT2D eigenvalue weighted by molar-refractivity contribution is 5.14. The van der Waals surface area contributed by atoms with Gasteiger partial charge in [0.1, 0.15) is 0 Å². The molecule has 0 aromatic carbocycles. The first-order chi connectivity index (χ1) is 7.42. The molecule has 2 aliphatic carbocycles. The minimum Gasteiger partial charge on any atom is -0.390 e. The van der Waals surface area contributed by atoms with E-state index in [4.69, 9.17) is 0 Å². The van der Waals surface area contributed by atoms with Gasteiger partial charge in [0.15, 0.2) is 0 Å². The van der Waals surface area contributed by atoms with Crippen molar-refractivity contribution in [2.45, 2.75) is 59.0 Å². The highest BCUT2D eigenvalue weighted by Gasteiger charge is 2.46. The Labute approximate surface area is 99.9 Å². The van der Waals surface area contributed by atoms with Gasteiger partial charge < -0.3 is 5.11 Å². The van der Waals surface area contributed by atoms with Gasteiger partial charge in [0.2, 0.25) is 0 Å². The minimum atomic E-state index is -0.419. The molecule has 0 bridgehead atoms. The molecule has 1 heteroatoms. The van der Waals surface area contributed by atoms with E-state index in [1.807, 2.05) is 6.92 Å². The predicted octanol–water partition coefficient (Wildman–Crippen LogP) is 3.78. The van der Waals surface area contributed by atoms with Crippen LogP contribution in [0.25, 0.3) is 0 Å². The molecular formula is C15H26O. The number of rotatable bonds is 1. The Morgan fingerprint density at radius 2 is 2.12 bits per heavy atom. The molecule has 4 unspecified atom stereocenters. The molecular weight excluding hydrogens is 196 g/mol. The molecule has 16 heavy (non-hydrogen) atoms. The van der Waals surface area contributed by atoms with Crippen molar-refractivity contribution in [3.05, 3.63) is 11.6 Å². The molecule has 1 saturated carbocycles. The summed E-state index contributed by atoms with van der Waals surface area (Å²) >= 11 is 0. The van der Waals surface area contributed by atoms with Crippen molar-refractivity contribution in [3.63, 3.8) is 0 Å². The lowest BCUT2D eigenvalue weighted by molar-refractivity contribution is 0.00195. The summed E-state index contributed by atoms with van der Waals surface area (Å²) in [5.41, 5.74) is 1.11. The molecule has 2 aliphatic rings. The number of hydrogen-bond donors (Lipinski definition) is 1. The van der Waals surface area contributed by atoms with Crippen molar-refractivity contribution in [1.82, 2.24) is 0 Å². The Hall–Kier alpha value is -0.300. The normalized spacial score (nSPS) is 44.1. The van der Waals surface area contributed by atoms with Crippen LogP contribution in [0.1, 0.15) is 53.4 Å². The third-order valence-corrected chi connectivity index (χ3v) is 5.07. The quantitative estimate of drug-likeness (QED) is 0.669. The molecule has 0 amide bonds. The summed E-state index contributed by atoms with van der Waals surface area (Å²) in [6.45, 7) is 8.95. The second-order valence-corrected chi connectivity index (χ2v) is 6.53. The SMILES string of the molecule is CC1=CCC(C(C)C)CC2C1CCC2(C)O. The smallest absolute Gasteiger partial charge is 0.0653 e. The minimum absolute atomic E-state index is 0.419. The van der Waals surface area contributed by atoms with E-state index >= 15 is 0 Å². The Bertz CT molecular complexity index is 288. The average molecular weight is 222 g/mol. The largest absolute Gasteiger partial charge is 0.390 e. The van der Waals surface area contributed by atoms with Gasteiger partial charge in [-0.1, -0.05) is 25.5 Å². The van der Waals surface area contributed by atoms with E-state index in [0.717, 1.165) is 18.3 Å². The third-order valence-electron chi connectivity index (χ3n) is 5.07. The molecule has 92 valence electrons. The first-order valence-corrected chi connectivity index (χ1v) is 6.81. The lowest BCUT2D eigenvalue weighted by Crippen LogP contribution is -2.33. The lowest BCUT2D eigenvalue weighted by atomic mass is 9.77. The Morgan fingerprint density at radius 3 is 2.75 bits per heavy atom. The van der Waals surface area contributed by atoms with E-state index in [1.165, 1.54) is 24.8 Å². The van der Waals surface area contributed by atoms with Crippen LogP contribution < -0.4 is 0 Å². The van der Waals surface area contributed by atoms with Crippen molar-refractivity contribution >= 4 is 0 Å². The highest BCUT2D eigenvalue weighted by Crippen LogP contribution is 2.49. The Balaban J connectivity index is 2.23. The fraction of sp³-hybridized carbons (Fsp3) is 0.867. The predicted molar refractivity (Wildman–Crippen MR) is 68.2 cm³/mol. The van der Waals surface area contributed by atoms with E-state index < -0.39 is 5.60 Å². The fourth-order valence-corrected chi connectivity index (χ4v) is 3.69. The maximum Gasteiger partial charge on any atom is 0.0653 e. The van der Waals surface area contributed by atoms with Gasteiger partial charge in [-0.3, -0.25) is 0 Å². The van der Waals surface area contributed by atoms with Gasteiger partial charge >= 0.3 is 0 Å². The fourth-order valence-electron chi connectivity index (χ4n) is 3.69. The van der Waals surface area contributed by atoms with Crippen LogP contribution in [0.5, 0.6) is 0 Å². The highest BCUT2D eigenvalue weighted by atomic mass is 16.3. The van der Waals surface area contributed by atoms with Crippen LogP contribution in [0.2, 0.25) is 0 Å². The van der Waals surface area contributed by atoms with Gasteiger partial charge in [-0.2, -0.15) is 0 Å². The molecule has 0 heterocycles. The Morgan fingerprint density at radius 1 is 1.44 bits per heavy atom. The van der Waals surface area contributed by atoms with Crippen LogP contribution in [0.4, 0.5) is 0 Å². The third kappa shape index (κ3) is 2.07. The summed E-state index contributed by atoms with van der Waals surface area (Å²) in [5.74, 6) is 2.64. The van der Waals surface area contributed by atoms with Crippen molar-refractivity contribution in [3.8, 4) is 0 Å². The van der Waals surface area contributed by atoms with Crippen LogP contribution in [0.3, 0.4) is 0 Å². The molecule has 1 nitrogen and oxygen atoms in total. The Kier molecular flexibility index (Phi) is 3.18. The summed E-state index contributed by atoms with van der Waals surface area (Å²) in [6.07, 6.45) is 7.04. The van der Waals surface area contributed by atoms with Crippen molar-refractivity contribution in [1.29, 1.82) is 0 Å². The van der Waals surface area contributed by atoms with Crippen LogP contribution in [-0.2, 0) is 0 Å². The summed E-state index contributed by atoms with van der Waals surface area (Å²) in [5, 5.41) is 10.5. The molecule has 0 aromatic rings. The van der Waals surface area contributed by atoms with Gasteiger partial charge in [-0.15, -0.1) is 0 Å². The van der Waals surface area contributed by atoms with Crippen molar-refractivity contribution in [2.75, 3.05) is 0 Å². The van der Waals surface area contributed by atoms with Crippen molar-refractivity contribution in [2.24, 2.45) is 23.7 Å². The summed E-state index contributed by atoms with van der Waals surface area (Å²) < 4.78 is 0. The van der Waals surface area contributed by atoms with Gasteiger partial charge in [-0.25, -0.2) is 0 Å². The maximum absolute atomic E-state index is 10.5. The molecule has 0 saturated heterocycles. The molecule has 2 rings (SSSR count). The summed E-state index contributed by atoms with van der Waals surface area (Å²) in [6, 6.07) is 0. The number of hydrogen-bond acceptors (Lipinski definition) is 1. The first-order valence-electron chi connectivity index (χ1n) is 6.81. The molecule has 0 aromatic heterocycles. The van der Waals surface area contributed by atoms with E-state index in [1.54, 1.807) is 0 Å². The summed E-state index contributed by atoms with van der Waals surface area (Å²) in [7, 11) is 0. The molecule has 1 N–H and O–H groups in total. The summed E-state index contributed by atoms with van der Waals surface area (Å²) in [4.78, 5) is 0. The second-order valence-electron chi connectivity index (χ2n) is 6.53. The van der Waals surface area contributed by atoms with Gasteiger partial charge in [0, 0.05) is 0 Å². The number of fused-ring (bicyclic) bond motifs is 1. The second kappa shape index (κ2) is 4.18. The topological polar surface area (TPSA) is 20.2 Å². The molecule has 1 fully saturated rings. The maximum atomic E-state index is 10.5. The first kappa shape index (κ1) is 12.2. The van der Waals surface area contributed by atoms with E-state index in [2.05, 4.69) is 26.8 Å². The molecule has 4 atom stereocenters. The van der Waals surface area contributed by atoms with E-state index in [-0.39, 0.29) is 0 Å². The zero-order valence-electron chi connectivity index (χ0n) is 11.2. The van der Waals surface area contributed by atoms with E-state index in [0.29, 0.717) is 11.8 Å². The van der Waals surface area contributed by atoms with Crippen LogP contribution in [0, 0.1) is 23.7 Å². The zero-order valence-corrected chi connectivity index (χ0v) is 11.2. The molecule has 0 aliphatic heterocycles. The van der Waals surface area contributed by atoms with Crippen LogP contribution in [0.15, 0.2) is 11.6 Å². The monoisotopic (exact) mass is 222 g/mol. The average Bonchev–Trinajstić information content (AvgIpc) is 2.38. The number of allylic oxidation sites excluding steroid dienone is 2. The van der Waals surface area contributed by atoms with Gasteiger partial charge in [-0.05, 0) is 63.2 Å². The lowest BCUT2D eigenvalue weighted by Gasteiger charge is -2.32. The van der Waals surface area contributed by atoms with Gasteiger partial charge in [0.25, 0.3) is 0 Å². The van der Waals surface area contributed by atoms with Crippen molar-refractivity contribution < 1.29 is 5.11 Å². The van der Waals surface area contributed by atoms with Crippen LogP contribution >= 0.6 is 0 Å². The van der Waals surface area contributed by atoms with E-state index in [9.17, 15) is 5.11 Å². The van der Waals surface area contributed by atoms with Gasteiger partial charge in [0.05, 0.1) is 5.60 Å². The standard InChI is InChI=1S/C15H26O/c1-10(2)12-6-5-11(3)13-7-8-15(4,16)14(13)9-12/h5,10,12-14,16H,6-9H2,1-4H3. The van der Waals surface area contributed by atoms with Crippen LogP contribution in [-0.4, -0.2) is 10.7 Å². The number of aliphatic hydroxyl groups is 1. The molecule has 0 radical (unpaired) electrons.